The van der Waals surface area contributed by atoms with Crippen molar-refractivity contribution in [3.05, 3.63) is 136 Å². The normalized spacial score (nSPS) is 18.3. The predicted molar refractivity (Wildman–Crippen MR) is 238 cm³/mol. The van der Waals surface area contributed by atoms with Gasteiger partial charge in [-0.05, 0) is 56.4 Å². The maximum Gasteiger partial charge on any atom is 0.458 e. The lowest BCUT2D eigenvalue weighted by Crippen LogP contribution is -2.34. The molecule has 1 fully saturated rings. The van der Waals surface area contributed by atoms with Crippen LogP contribution in [0.15, 0.2) is 119 Å². The molecule has 320 valence electrons. The summed E-state index contributed by atoms with van der Waals surface area (Å²) in [6, 6.07) is 12.8. The van der Waals surface area contributed by atoms with Gasteiger partial charge in [0.25, 0.3) is 5.56 Å². The van der Waals surface area contributed by atoms with E-state index in [2.05, 4.69) is 78.1 Å². The molecule has 4 rings (SSSR count). The number of aromatic nitrogens is 2. The molecular formula is C43H56FN4O8PS2. The fraction of sp³-hybridized carbons (Fsp3) is 0.419. The first-order chi connectivity index (χ1) is 28.7. The van der Waals surface area contributed by atoms with Crippen molar-refractivity contribution in [2.45, 2.75) is 83.1 Å². The smallest absolute Gasteiger partial charge is 0.413 e. The number of aliphatic hydroxyl groups is 1. The average molecular weight is 871 g/mol. The number of hydrogen-bond acceptors (Lipinski definition) is 10. The monoisotopic (exact) mass is 870 g/mol. The number of amides is 1. The van der Waals surface area contributed by atoms with Crippen LogP contribution in [0.4, 0.5) is 4.39 Å². The Balaban J connectivity index is 1.12. The van der Waals surface area contributed by atoms with Gasteiger partial charge in [0.15, 0.2) is 0 Å². The van der Waals surface area contributed by atoms with Gasteiger partial charge in [-0.2, -0.15) is 4.39 Å². The third kappa shape index (κ3) is 17.7. The summed E-state index contributed by atoms with van der Waals surface area (Å²) in [7, 11) is -0.952. The van der Waals surface area contributed by atoms with E-state index in [9.17, 15) is 28.4 Å². The van der Waals surface area contributed by atoms with Gasteiger partial charge in [0.1, 0.15) is 18.1 Å². The van der Waals surface area contributed by atoms with Crippen LogP contribution in [0.1, 0.15) is 70.9 Å². The molecular weight excluding hydrogens is 815 g/mol. The zero-order valence-electron chi connectivity index (χ0n) is 33.4. The van der Waals surface area contributed by atoms with E-state index in [0.717, 1.165) is 66.5 Å². The van der Waals surface area contributed by atoms with Crippen LogP contribution in [0.2, 0.25) is 0 Å². The second-order valence-electron chi connectivity index (χ2n) is 13.4. The van der Waals surface area contributed by atoms with Gasteiger partial charge in [-0.1, -0.05) is 126 Å². The lowest BCUT2D eigenvalue weighted by Gasteiger charge is -2.23. The molecule has 59 heavy (non-hydrogen) atoms. The van der Waals surface area contributed by atoms with E-state index in [-0.39, 0.29) is 25.5 Å². The van der Waals surface area contributed by atoms with Gasteiger partial charge in [-0.25, -0.2) is 14.4 Å². The summed E-state index contributed by atoms with van der Waals surface area (Å²) in [5, 5.41) is 18.1. The van der Waals surface area contributed by atoms with E-state index >= 15 is 0 Å². The number of aromatic amines is 1. The minimum absolute atomic E-state index is 0.0221. The molecule has 4 N–H and O–H groups in total. The highest BCUT2D eigenvalue weighted by Gasteiger charge is 2.38. The Morgan fingerprint density at radius 2 is 1.59 bits per heavy atom. The van der Waals surface area contributed by atoms with Crippen LogP contribution in [0, 0.1) is 5.82 Å². The van der Waals surface area contributed by atoms with E-state index in [1.807, 2.05) is 35.3 Å². The van der Waals surface area contributed by atoms with Gasteiger partial charge in [0, 0.05) is 42.8 Å². The molecule has 1 amide bonds. The third-order valence-electron chi connectivity index (χ3n) is 8.83. The van der Waals surface area contributed by atoms with Gasteiger partial charge >= 0.3 is 13.4 Å². The highest BCUT2D eigenvalue weighted by molar-refractivity contribution is 8.76. The molecule has 1 aliphatic heterocycles. The quantitative estimate of drug-likeness (QED) is 0.0251. The van der Waals surface area contributed by atoms with Gasteiger partial charge in [0.2, 0.25) is 11.7 Å². The first-order valence-electron chi connectivity index (χ1n) is 20.0. The van der Waals surface area contributed by atoms with Crippen molar-refractivity contribution in [1.82, 2.24) is 20.0 Å². The maximum atomic E-state index is 14.1. The van der Waals surface area contributed by atoms with Crippen molar-refractivity contribution in [2.24, 2.45) is 0 Å². The van der Waals surface area contributed by atoms with Crippen molar-refractivity contribution in [3.8, 4) is 5.75 Å². The number of H-pyrrole nitrogens is 1. The molecule has 0 aliphatic carbocycles. The van der Waals surface area contributed by atoms with Crippen LogP contribution >= 0.6 is 29.3 Å². The summed E-state index contributed by atoms with van der Waals surface area (Å²) in [6.45, 7) is 2.53. The average Bonchev–Trinajstić information content (AvgIpc) is 3.60. The minimum Gasteiger partial charge on any atom is -0.413 e. The molecule has 3 aromatic rings. The standard InChI is InChI=1S/C43H56FN4O8PS2/c1-2-3-4-5-6-7-8-9-10-11-12-13-14-15-16-17-18-26-40(50)45-27-29-58-59-30-28-46-57(53,56-38-25-21-23-34-22-19-20-24-35(34)38)54-33-39-37(49)31-41(55-39)48-32-36(44)42(51)47-43(48)52/h3-4,6-7,9-10,12-13,15-16,19-25,32,37,39,41,49H,2,5,8,11,14,17-18,26-31,33H2,1H3,(H,45,50)(H,46,53)(H,47,51,52). The Morgan fingerprint density at radius 3 is 2.31 bits per heavy atom. The summed E-state index contributed by atoms with van der Waals surface area (Å²) in [5.41, 5.74) is -2.06. The van der Waals surface area contributed by atoms with Gasteiger partial charge < -0.3 is 19.7 Å². The third-order valence-corrected chi connectivity index (χ3v) is 12.8. The lowest BCUT2D eigenvalue weighted by molar-refractivity contribution is -0.121. The number of carbonyl (C=O) groups is 1. The first-order valence-corrected chi connectivity index (χ1v) is 24.0. The van der Waals surface area contributed by atoms with Crippen molar-refractivity contribution >= 4 is 46.0 Å². The number of allylic oxidation sites excluding steroid dienone is 10. The Hall–Kier alpha value is -3.95. The lowest BCUT2D eigenvalue weighted by atomic mass is 10.1. The number of hydrogen-bond donors (Lipinski definition) is 4. The number of aliphatic hydroxyl groups excluding tert-OH is 1. The fourth-order valence-corrected chi connectivity index (χ4v) is 9.12. The zero-order chi connectivity index (χ0) is 42.1. The van der Waals surface area contributed by atoms with Crippen molar-refractivity contribution < 1.29 is 32.6 Å². The van der Waals surface area contributed by atoms with Crippen LogP contribution in [-0.2, 0) is 18.6 Å². The molecule has 0 saturated carbocycles. The molecule has 12 nitrogen and oxygen atoms in total. The van der Waals surface area contributed by atoms with Gasteiger partial charge in [0.05, 0.1) is 18.9 Å². The van der Waals surface area contributed by atoms with E-state index in [1.54, 1.807) is 22.9 Å². The van der Waals surface area contributed by atoms with Crippen LogP contribution in [0.5, 0.6) is 5.75 Å². The number of unbranched alkanes of at least 4 members (excludes halogenated alkanes) is 1. The second kappa shape index (κ2) is 27.0. The molecule has 0 spiro atoms. The van der Waals surface area contributed by atoms with Crippen LogP contribution in [0.3, 0.4) is 0 Å². The van der Waals surface area contributed by atoms with Crippen molar-refractivity contribution in [2.75, 3.05) is 31.2 Å². The van der Waals surface area contributed by atoms with E-state index < -0.39 is 43.2 Å². The van der Waals surface area contributed by atoms with E-state index in [0.29, 0.717) is 30.2 Å². The van der Waals surface area contributed by atoms with Crippen LogP contribution < -0.4 is 26.2 Å². The second-order valence-corrected chi connectivity index (χ2v) is 17.9. The number of carbonyl (C=O) groups excluding carboxylic acids is 1. The van der Waals surface area contributed by atoms with E-state index in [1.165, 1.54) is 10.8 Å². The highest BCUT2D eigenvalue weighted by Crippen LogP contribution is 2.47. The Kier molecular flexibility index (Phi) is 21.8. The summed E-state index contributed by atoms with van der Waals surface area (Å²) in [6.07, 6.45) is 26.0. The first kappa shape index (κ1) is 47.7. The summed E-state index contributed by atoms with van der Waals surface area (Å²) >= 11 is 0. The number of benzene rings is 2. The Bertz CT molecular complexity index is 2070. The number of rotatable bonds is 27. The molecule has 4 unspecified atom stereocenters. The van der Waals surface area contributed by atoms with E-state index in [4.69, 9.17) is 13.8 Å². The number of nitrogens with one attached hydrogen (secondary N) is 3. The van der Waals surface area contributed by atoms with Crippen molar-refractivity contribution in [3.63, 3.8) is 0 Å². The molecule has 2 heterocycles. The molecule has 2 aromatic carbocycles. The maximum absolute atomic E-state index is 14.1. The highest BCUT2D eigenvalue weighted by atomic mass is 33.1. The molecule has 1 aromatic heterocycles. The minimum atomic E-state index is -4.06. The Morgan fingerprint density at radius 1 is 0.949 bits per heavy atom. The molecule has 0 radical (unpaired) electrons. The predicted octanol–water partition coefficient (Wildman–Crippen LogP) is 8.69. The molecule has 4 atom stereocenters. The van der Waals surface area contributed by atoms with Crippen molar-refractivity contribution in [1.29, 1.82) is 0 Å². The topological polar surface area (TPSA) is 161 Å². The fourth-order valence-electron chi connectivity index (χ4n) is 5.80. The largest absolute Gasteiger partial charge is 0.458 e. The molecule has 1 aliphatic rings. The van der Waals surface area contributed by atoms with Gasteiger partial charge in [-0.15, -0.1) is 0 Å². The number of nitrogens with zero attached hydrogens (tertiary/aromatic N) is 1. The van der Waals surface area contributed by atoms with Crippen LogP contribution in [0.25, 0.3) is 10.8 Å². The number of ether oxygens (including phenoxy) is 1. The number of fused-ring (bicyclic) bond motifs is 1. The summed E-state index contributed by atoms with van der Waals surface area (Å²) in [5.74, 6) is 0.393. The SMILES string of the molecule is CCC=CCC=CCC=CCC=CCC=CCCCC(=O)NCCSSCCNP(=O)(OCC1OC(n2cc(F)c(=O)[nH]c2=O)CC1O)Oc1cccc2ccccc12. The molecule has 0 bridgehead atoms. The molecule has 1 saturated heterocycles. The summed E-state index contributed by atoms with van der Waals surface area (Å²) in [4.78, 5) is 37.9. The summed E-state index contributed by atoms with van der Waals surface area (Å²) < 4.78 is 46.5. The Labute approximate surface area is 353 Å². The zero-order valence-corrected chi connectivity index (χ0v) is 35.9. The number of halogens is 1. The van der Waals surface area contributed by atoms with Crippen LogP contribution in [-0.4, -0.2) is 64.0 Å². The van der Waals surface area contributed by atoms with Gasteiger partial charge in [-0.3, -0.25) is 23.7 Å². The molecule has 16 heteroatoms.